The van der Waals surface area contributed by atoms with Gasteiger partial charge in [-0.1, -0.05) is 71.7 Å². The van der Waals surface area contributed by atoms with E-state index in [2.05, 4.69) is 4.98 Å². The van der Waals surface area contributed by atoms with Gasteiger partial charge < -0.3 is 0 Å². The molecule has 3 rings (SSSR count). The van der Waals surface area contributed by atoms with Gasteiger partial charge in [-0.05, 0) is 18.2 Å². The van der Waals surface area contributed by atoms with Crippen molar-refractivity contribution in [3.05, 3.63) is 76.8 Å². The van der Waals surface area contributed by atoms with Crippen molar-refractivity contribution in [3.8, 4) is 22.5 Å². The summed E-state index contributed by atoms with van der Waals surface area (Å²) in [5.41, 5.74) is 3.66. The van der Waals surface area contributed by atoms with Crippen molar-refractivity contribution in [2.24, 2.45) is 0 Å². The third-order valence-corrected chi connectivity index (χ3v) is 3.87. The maximum atomic E-state index is 6.25. The molecule has 0 atom stereocenters. The van der Waals surface area contributed by atoms with E-state index in [0.29, 0.717) is 10.0 Å². The Bertz CT molecular complexity index is 739. The van der Waals surface area contributed by atoms with E-state index in [1.165, 1.54) is 0 Å². The van der Waals surface area contributed by atoms with Crippen molar-refractivity contribution in [1.29, 1.82) is 0 Å². The van der Waals surface area contributed by atoms with E-state index in [9.17, 15) is 0 Å². The first-order valence-corrected chi connectivity index (χ1v) is 6.98. The van der Waals surface area contributed by atoms with Crippen LogP contribution in [0.5, 0.6) is 0 Å². The van der Waals surface area contributed by atoms with E-state index in [4.69, 9.17) is 23.2 Å². The van der Waals surface area contributed by atoms with E-state index in [1.54, 1.807) is 6.07 Å². The molecule has 0 saturated heterocycles. The van der Waals surface area contributed by atoms with Gasteiger partial charge in [0.1, 0.15) is 0 Å². The first-order chi connectivity index (χ1) is 9.75. The Morgan fingerprint density at radius 1 is 0.650 bits per heavy atom. The quantitative estimate of drug-likeness (QED) is 0.589. The van der Waals surface area contributed by atoms with Crippen LogP contribution in [0, 0.1) is 0 Å². The van der Waals surface area contributed by atoms with Gasteiger partial charge in [0.2, 0.25) is 0 Å². The Kier molecular flexibility index (Phi) is 3.72. The highest BCUT2D eigenvalue weighted by Crippen LogP contribution is 2.33. The lowest BCUT2D eigenvalue weighted by Gasteiger charge is -2.07. The van der Waals surface area contributed by atoms with Crippen molar-refractivity contribution in [3.63, 3.8) is 0 Å². The molecule has 3 heteroatoms. The zero-order chi connectivity index (χ0) is 13.9. The second kappa shape index (κ2) is 5.66. The van der Waals surface area contributed by atoms with Crippen molar-refractivity contribution in [2.45, 2.75) is 0 Å². The topological polar surface area (TPSA) is 12.9 Å². The predicted molar refractivity (Wildman–Crippen MR) is 85.1 cm³/mol. The Labute approximate surface area is 127 Å². The molecular weight excluding hydrogens is 289 g/mol. The molecule has 3 aromatic rings. The lowest BCUT2D eigenvalue weighted by Crippen LogP contribution is -1.88. The molecule has 1 heterocycles. The molecule has 0 N–H and O–H groups in total. The summed E-state index contributed by atoms with van der Waals surface area (Å²) in [7, 11) is 0. The average Bonchev–Trinajstić information content (AvgIpc) is 2.51. The van der Waals surface area contributed by atoms with Crippen LogP contribution in [-0.4, -0.2) is 4.98 Å². The molecule has 0 unspecified atom stereocenters. The SMILES string of the molecule is Clc1cccc(-c2cccc(-c3ccccc3)n2)c1Cl. The maximum Gasteiger partial charge on any atom is 0.0725 e. The summed E-state index contributed by atoms with van der Waals surface area (Å²) in [5, 5.41) is 1.07. The Morgan fingerprint density at radius 2 is 1.35 bits per heavy atom. The van der Waals surface area contributed by atoms with Crippen LogP contribution >= 0.6 is 23.2 Å². The zero-order valence-electron chi connectivity index (χ0n) is 10.6. The number of aromatic nitrogens is 1. The maximum absolute atomic E-state index is 6.25. The molecule has 0 amide bonds. The van der Waals surface area contributed by atoms with Crippen LogP contribution in [0.25, 0.3) is 22.5 Å². The highest BCUT2D eigenvalue weighted by molar-refractivity contribution is 6.43. The number of hydrogen-bond donors (Lipinski definition) is 0. The number of nitrogens with zero attached hydrogens (tertiary/aromatic N) is 1. The van der Waals surface area contributed by atoms with Crippen LogP contribution in [0.15, 0.2) is 66.7 Å². The van der Waals surface area contributed by atoms with Gasteiger partial charge in [-0.25, -0.2) is 4.98 Å². The summed E-state index contributed by atoms with van der Waals surface area (Å²) < 4.78 is 0. The normalized spacial score (nSPS) is 10.5. The van der Waals surface area contributed by atoms with Gasteiger partial charge in [-0.15, -0.1) is 0 Å². The predicted octanol–water partition coefficient (Wildman–Crippen LogP) is 5.72. The van der Waals surface area contributed by atoms with Crippen LogP contribution < -0.4 is 0 Å². The molecule has 0 bridgehead atoms. The summed E-state index contributed by atoms with van der Waals surface area (Å²) in [4.78, 5) is 4.67. The number of pyridine rings is 1. The van der Waals surface area contributed by atoms with Crippen LogP contribution in [0.2, 0.25) is 10.0 Å². The highest BCUT2D eigenvalue weighted by atomic mass is 35.5. The largest absolute Gasteiger partial charge is 0.248 e. The lowest BCUT2D eigenvalue weighted by molar-refractivity contribution is 1.32. The zero-order valence-corrected chi connectivity index (χ0v) is 12.1. The fourth-order valence-corrected chi connectivity index (χ4v) is 2.45. The van der Waals surface area contributed by atoms with E-state index in [-0.39, 0.29) is 0 Å². The summed E-state index contributed by atoms with van der Waals surface area (Å²) >= 11 is 12.3. The van der Waals surface area contributed by atoms with Gasteiger partial charge in [-0.2, -0.15) is 0 Å². The van der Waals surface area contributed by atoms with Crippen LogP contribution in [0.1, 0.15) is 0 Å². The van der Waals surface area contributed by atoms with Crippen molar-refractivity contribution in [1.82, 2.24) is 4.98 Å². The fraction of sp³-hybridized carbons (Fsp3) is 0. The number of rotatable bonds is 2. The summed E-state index contributed by atoms with van der Waals surface area (Å²) in [6, 6.07) is 21.5. The molecule has 0 aliphatic rings. The minimum absolute atomic E-state index is 0.534. The van der Waals surface area contributed by atoms with Gasteiger partial charge in [-0.3, -0.25) is 0 Å². The first-order valence-electron chi connectivity index (χ1n) is 6.22. The van der Waals surface area contributed by atoms with Gasteiger partial charge in [0, 0.05) is 11.1 Å². The third-order valence-electron chi connectivity index (χ3n) is 3.05. The molecule has 0 aliphatic heterocycles. The van der Waals surface area contributed by atoms with E-state index in [1.807, 2.05) is 60.7 Å². The molecule has 0 saturated carbocycles. The summed E-state index contributed by atoms with van der Waals surface area (Å²) in [6.45, 7) is 0. The summed E-state index contributed by atoms with van der Waals surface area (Å²) in [6.07, 6.45) is 0. The smallest absolute Gasteiger partial charge is 0.0725 e. The van der Waals surface area contributed by atoms with E-state index >= 15 is 0 Å². The second-order valence-electron chi connectivity index (χ2n) is 4.38. The summed E-state index contributed by atoms with van der Waals surface area (Å²) in [5.74, 6) is 0. The molecule has 1 aromatic heterocycles. The third kappa shape index (κ3) is 2.55. The van der Waals surface area contributed by atoms with Crippen molar-refractivity contribution < 1.29 is 0 Å². The molecule has 0 fully saturated rings. The van der Waals surface area contributed by atoms with Gasteiger partial charge >= 0.3 is 0 Å². The van der Waals surface area contributed by atoms with E-state index < -0.39 is 0 Å². The Hall–Kier alpha value is -1.83. The van der Waals surface area contributed by atoms with Gasteiger partial charge in [0.15, 0.2) is 0 Å². The lowest BCUT2D eigenvalue weighted by atomic mass is 10.1. The van der Waals surface area contributed by atoms with E-state index in [0.717, 1.165) is 22.5 Å². The number of halogens is 2. The number of hydrogen-bond acceptors (Lipinski definition) is 1. The molecule has 0 spiro atoms. The average molecular weight is 300 g/mol. The molecule has 0 radical (unpaired) electrons. The molecule has 0 aliphatic carbocycles. The van der Waals surface area contributed by atoms with Crippen LogP contribution in [0.4, 0.5) is 0 Å². The Morgan fingerprint density at radius 3 is 2.15 bits per heavy atom. The van der Waals surface area contributed by atoms with Gasteiger partial charge in [0.25, 0.3) is 0 Å². The first kappa shape index (κ1) is 13.2. The highest BCUT2D eigenvalue weighted by Gasteiger charge is 2.09. The molecule has 1 nitrogen and oxygen atoms in total. The van der Waals surface area contributed by atoms with Crippen molar-refractivity contribution >= 4 is 23.2 Å². The number of benzene rings is 2. The molecule has 98 valence electrons. The Balaban J connectivity index is 2.10. The second-order valence-corrected chi connectivity index (χ2v) is 5.16. The minimum atomic E-state index is 0.534. The standard InChI is InChI=1S/C17H11Cl2N/c18-14-9-4-8-13(17(14)19)16-11-5-10-15(20-16)12-6-2-1-3-7-12/h1-11H. The molecule has 20 heavy (non-hydrogen) atoms. The fourth-order valence-electron chi connectivity index (χ4n) is 2.06. The molecule has 2 aromatic carbocycles. The van der Waals surface area contributed by atoms with Gasteiger partial charge in [0.05, 0.1) is 21.4 Å². The molecular formula is C17H11Cl2N. The minimum Gasteiger partial charge on any atom is -0.248 e. The van der Waals surface area contributed by atoms with Crippen molar-refractivity contribution in [2.75, 3.05) is 0 Å². The van der Waals surface area contributed by atoms with Crippen LogP contribution in [0.3, 0.4) is 0 Å². The monoisotopic (exact) mass is 299 g/mol. The van der Waals surface area contributed by atoms with Crippen LogP contribution in [-0.2, 0) is 0 Å².